The van der Waals surface area contributed by atoms with Crippen LogP contribution in [-0.2, 0) is 21.4 Å². The molecule has 3 heterocycles. The molecule has 10 nitrogen and oxygen atoms in total. The summed E-state index contributed by atoms with van der Waals surface area (Å²) in [5.74, 6) is -0.609. The van der Waals surface area contributed by atoms with Crippen molar-refractivity contribution in [2.24, 2.45) is 7.05 Å². The summed E-state index contributed by atoms with van der Waals surface area (Å²) in [5.41, 5.74) is 6.88. The van der Waals surface area contributed by atoms with E-state index in [9.17, 15) is 19.8 Å². The molecule has 0 radical (unpaired) electrons. The Kier molecular flexibility index (Phi) is 4.95. The second-order valence-corrected chi connectivity index (χ2v) is 8.05. The maximum atomic E-state index is 13.1. The number of aromatic hydroxyl groups is 1. The number of fused-ring (bicyclic) bond motifs is 2. The third-order valence-corrected chi connectivity index (χ3v) is 5.92. The first-order chi connectivity index (χ1) is 15.8. The number of H-pyrrole nitrogens is 1. The molecule has 0 spiro atoms. The first kappa shape index (κ1) is 20.9. The SMILES string of the molecule is Cn1cc2cc(N3CCO[C@H]([C@@H](O)C(=O)Nc4ccc5c(N)[nH]cc5c4)C3=O)ccc2c1O. The fourth-order valence-electron chi connectivity index (χ4n) is 4.17. The van der Waals surface area contributed by atoms with E-state index in [2.05, 4.69) is 10.3 Å². The number of morpholine rings is 1. The van der Waals surface area contributed by atoms with Crippen molar-refractivity contribution in [3.8, 4) is 5.88 Å². The number of aromatic amines is 1. The summed E-state index contributed by atoms with van der Waals surface area (Å²) < 4.78 is 7.07. The number of anilines is 3. The summed E-state index contributed by atoms with van der Waals surface area (Å²) >= 11 is 0. The number of nitrogens with one attached hydrogen (secondary N) is 2. The largest absolute Gasteiger partial charge is 0.494 e. The Labute approximate surface area is 188 Å². The van der Waals surface area contributed by atoms with Gasteiger partial charge in [0, 0.05) is 58.9 Å². The first-order valence-electron chi connectivity index (χ1n) is 10.4. The zero-order valence-corrected chi connectivity index (χ0v) is 17.8. The third kappa shape index (κ3) is 3.55. The standard InChI is InChI=1S/C23H23N5O5/c1-27-11-13-9-15(3-5-17(13)22(27)31)28-6-7-33-19(23(28)32)18(29)21(30)26-14-2-4-16-12(8-14)10-25-20(16)24/h2-5,8-11,18-19,25,29,31H,6-7,24H2,1H3,(H,26,30)/t18-,19-/m1/s1. The molecule has 170 valence electrons. The van der Waals surface area contributed by atoms with E-state index in [1.165, 1.54) is 4.90 Å². The number of carbonyl (C=O) groups excluding carboxylic acids is 2. The van der Waals surface area contributed by atoms with E-state index < -0.39 is 24.0 Å². The molecule has 0 bridgehead atoms. The van der Waals surface area contributed by atoms with Gasteiger partial charge < -0.3 is 40.5 Å². The van der Waals surface area contributed by atoms with Crippen LogP contribution in [0.4, 0.5) is 17.2 Å². The molecule has 0 unspecified atom stereocenters. The molecule has 6 N–H and O–H groups in total. The fraction of sp³-hybridized carbons (Fsp3) is 0.217. The van der Waals surface area contributed by atoms with Gasteiger partial charge >= 0.3 is 0 Å². The van der Waals surface area contributed by atoms with Gasteiger partial charge in [0.15, 0.2) is 18.1 Å². The van der Waals surface area contributed by atoms with E-state index >= 15 is 0 Å². The van der Waals surface area contributed by atoms with Crippen LogP contribution in [0.5, 0.6) is 5.88 Å². The molecule has 5 rings (SSSR count). The lowest BCUT2D eigenvalue weighted by Crippen LogP contribution is -2.55. The van der Waals surface area contributed by atoms with Gasteiger partial charge in [0.25, 0.3) is 11.8 Å². The molecular weight excluding hydrogens is 426 g/mol. The number of aryl methyl sites for hydroxylation is 1. The fourth-order valence-corrected chi connectivity index (χ4v) is 4.17. The number of aliphatic hydroxyl groups is 1. The molecule has 0 aliphatic carbocycles. The monoisotopic (exact) mass is 449 g/mol. The van der Waals surface area contributed by atoms with Gasteiger partial charge in [-0.15, -0.1) is 0 Å². The van der Waals surface area contributed by atoms with E-state index in [1.807, 2.05) is 0 Å². The van der Waals surface area contributed by atoms with Crippen LogP contribution in [0.15, 0.2) is 48.8 Å². The average molecular weight is 449 g/mol. The number of benzene rings is 2. The minimum Gasteiger partial charge on any atom is -0.494 e. The normalized spacial score (nSPS) is 17.6. The van der Waals surface area contributed by atoms with Crippen LogP contribution in [0.1, 0.15) is 0 Å². The molecule has 10 heteroatoms. The number of nitrogens with zero attached hydrogens (tertiary/aromatic N) is 2. The number of rotatable bonds is 4. The molecule has 2 aromatic carbocycles. The molecule has 2 aromatic heterocycles. The van der Waals surface area contributed by atoms with Crippen LogP contribution >= 0.6 is 0 Å². The summed E-state index contributed by atoms with van der Waals surface area (Å²) in [7, 11) is 1.72. The van der Waals surface area contributed by atoms with Crippen molar-refractivity contribution >= 4 is 50.6 Å². The van der Waals surface area contributed by atoms with Gasteiger partial charge in [-0.2, -0.15) is 0 Å². The Morgan fingerprint density at radius 3 is 2.85 bits per heavy atom. The van der Waals surface area contributed by atoms with E-state index in [0.717, 1.165) is 16.2 Å². The van der Waals surface area contributed by atoms with Crippen LogP contribution in [0.25, 0.3) is 21.5 Å². The number of nitrogens with two attached hydrogens (primary N) is 1. The summed E-state index contributed by atoms with van der Waals surface area (Å²) in [5, 5.41) is 26.4. The summed E-state index contributed by atoms with van der Waals surface area (Å²) in [6.07, 6.45) is 0.432. The van der Waals surface area contributed by atoms with E-state index in [0.29, 0.717) is 22.6 Å². The molecule has 1 saturated heterocycles. The number of amides is 2. The zero-order valence-electron chi connectivity index (χ0n) is 17.8. The highest BCUT2D eigenvalue weighted by atomic mass is 16.5. The summed E-state index contributed by atoms with van der Waals surface area (Å²) in [6, 6.07) is 10.4. The zero-order chi connectivity index (χ0) is 23.3. The van der Waals surface area contributed by atoms with Crippen molar-refractivity contribution in [1.29, 1.82) is 0 Å². The third-order valence-electron chi connectivity index (χ3n) is 5.92. The molecule has 0 saturated carbocycles. The lowest BCUT2D eigenvalue weighted by atomic mass is 10.1. The summed E-state index contributed by atoms with van der Waals surface area (Å²) in [6.45, 7) is 0.437. The molecule has 1 aliphatic rings. The van der Waals surface area contributed by atoms with Crippen molar-refractivity contribution in [1.82, 2.24) is 9.55 Å². The van der Waals surface area contributed by atoms with Crippen molar-refractivity contribution < 1.29 is 24.5 Å². The van der Waals surface area contributed by atoms with Gasteiger partial charge in [-0.3, -0.25) is 9.59 Å². The lowest BCUT2D eigenvalue weighted by molar-refractivity contribution is -0.150. The van der Waals surface area contributed by atoms with Gasteiger partial charge in [0.1, 0.15) is 5.82 Å². The molecule has 1 aliphatic heterocycles. The number of ether oxygens (including phenoxy) is 1. The number of carbonyl (C=O) groups is 2. The minimum absolute atomic E-state index is 0.135. The number of hydrogen-bond acceptors (Lipinski definition) is 6. The van der Waals surface area contributed by atoms with E-state index in [-0.39, 0.29) is 19.0 Å². The lowest BCUT2D eigenvalue weighted by Gasteiger charge is -2.34. The highest BCUT2D eigenvalue weighted by Crippen LogP contribution is 2.31. The number of aromatic nitrogens is 2. The molecule has 1 fully saturated rings. The maximum Gasteiger partial charge on any atom is 0.259 e. The molecule has 2 atom stereocenters. The second kappa shape index (κ2) is 7.84. The van der Waals surface area contributed by atoms with Crippen molar-refractivity contribution in [3.63, 3.8) is 0 Å². The van der Waals surface area contributed by atoms with Crippen LogP contribution < -0.4 is 16.0 Å². The van der Waals surface area contributed by atoms with Crippen LogP contribution in [0.3, 0.4) is 0 Å². The predicted molar refractivity (Wildman–Crippen MR) is 124 cm³/mol. The Bertz CT molecular complexity index is 1390. The molecular formula is C23H23N5O5. The van der Waals surface area contributed by atoms with Crippen LogP contribution in [-0.4, -0.2) is 56.9 Å². The maximum absolute atomic E-state index is 13.1. The number of nitrogen functional groups attached to an aromatic ring is 1. The summed E-state index contributed by atoms with van der Waals surface area (Å²) in [4.78, 5) is 30.2. The topological polar surface area (TPSA) is 146 Å². The van der Waals surface area contributed by atoms with Gasteiger partial charge in [-0.05, 0) is 36.4 Å². The van der Waals surface area contributed by atoms with E-state index in [1.54, 1.807) is 60.4 Å². The van der Waals surface area contributed by atoms with Crippen molar-refractivity contribution in [2.45, 2.75) is 12.2 Å². The smallest absolute Gasteiger partial charge is 0.259 e. The Morgan fingerprint density at radius 2 is 2.03 bits per heavy atom. The minimum atomic E-state index is -1.70. The molecule has 33 heavy (non-hydrogen) atoms. The average Bonchev–Trinajstić information content (AvgIpc) is 3.31. The predicted octanol–water partition coefficient (Wildman–Crippen LogP) is 1.68. The quantitative estimate of drug-likeness (QED) is 0.320. The van der Waals surface area contributed by atoms with Gasteiger partial charge in [-0.25, -0.2) is 0 Å². The Hall–Kier alpha value is -4.02. The molecule has 4 aromatic rings. The van der Waals surface area contributed by atoms with Crippen LogP contribution in [0.2, 0.25) is 0 Å². The highest BCUT2D eigenvalue weighted by Gasteiger charge is 2.39. The van der Waals surface area contributed by atoms with Crippen molar-refractivity contribution in [2.75, 3.05) is 29.1 Å². The Morgan fingerprint density at radius 1 is 1.24 bits per heavy atom. The van der Waals surface area contributed by atoms with Gasteiger partial charge in [-0.1, -0.05) is 0 Å². The van der Waals surface area contributed by atoms with Gasteiger partial charge in [0.05, 0.1) is 6.61 Å². The first-order valence-corrected chi connectivity index (χ1v) is 10.4. The highest BCUT2D eigenvalue weighted by molar-refractivity contribution is 6.05. The second-order valence-electron chi connectivity index (χ2n) is 8.05. The number of aliphatic hydroxyl groups excluding tert-OH is 1. The van der Waals surface area contributed by atoms with Crippen LogP contribution in [0, 0.1) is 0 Å². The number of hydrogen-bond donors (Lipinski definition) is 5. The Balaban J connectivity index is 1.33. The van der Waals surface area contributed by atoms with Crippen molar-refractivity contribution in [3.05, 3.63) is 48.8 Å². The molecule has 2 amide bonds. The van der Waals surface area contributed by atoms with Gasteiger partial charge in [0.2, 0.25) is 0 Å². The van der Waals surface area contributed by atoms with E-state index in [4.69, 9.17) is 10.5 Å².